The molecule has 2 fully saturated rings. The van der Waals surface area contributed by atoms with Crippen LogP contribution in [0.4, 0.5) is 0 Å². The molecule has 0 bridgehead atoms. The van der Waals surface area contributed by atoms with Gasteiger partial charge in [-0.3, -0.25) is 4.90 Å². The zero-order valence-electron chi connectivity index (χ0n) is 16.7. The van der Waals surface area contributed by atoms with Crippen LogP contribution < -0.4 is 10.6 Å². The number of nitrogens with zero attached hydrogens (tertiary/aromatic N) is 2. The van der Waals surface area contributed by atoms with Gasteiger partial charge in [-0.25, -0.2) is 4.99 Å². The van der Waals surface area contributed by atoms with Crippen LogP contribution in [-0.2, 0) is 17.8 Å². The van der Waals surface area contributed by atoms with Gasteiger partial charge in [0, 0.05) is 32.2 Å². The van der Waals surface area contributed by atoms with E-state index in [0.29, 0.717) is 6.04 Å². The molecule has 1 aliphatic carbocycles. The van der Waals surface area contributed by atoms with Crippen LogP contribution in [0.15, 0.2) is 29.3 Å². The summed E-state index contributed by atoms with van der Waals surface area (Å²) in [5.41, 5.74) is 2.70. The Labute approximate surface area is 181 Å². The number of ether oxygens (including phenoxy) is 1. The molecular weight excluding hydrogens is 451 g/mol. The van der Waals surface area contributed by atoms with Crippen molar-refractivity contribution >= 4 is 29.9 Å². The van der Waals surface area contributed by atoms with E-state index in [4.69, 9.17) is 9.73 Å². The summed E-state index contributed by atoms with van der Waals surface area (Å²) in [7, 11) is 0. The Morgan fingerprint density at radius 3 is 2.63 bits per heavy atom. The van der Waals surface area contributed by atoms with Crippen LogP contribution >= 0.6 is 24.0 Å². The summed E-state index contributed by atoms with van der Waals surface area (Å²) >= 11 is 0. The van der Waals surface area contributed by atoms with Crippen LogP contribution in [0.25, 0.3) is 0 Å². The number of halogens is 1. The smallest absolute Gasteiger partial charge is 0.191 e. The van der Waals surface area contributed by atoms with Crippen LogP contribution in [0.3, 0.4) is 0 Å². The second-order valence-corrected chi connectivity index (χ2v) is 7.39. The van der Waals surface area contributed by atoms with Crippen molar-refractivity contribution < 1.29 is 4.74 Å². The zero-order chi connectivity index (χ0) is 18.2. The van der Waals surface area contributed by atoms with Crippen molar-refractivity contribution in [1.29, 1.82) is 0 Å². The summed E-state index contributed by atoms with van der Waals surface area (Å²) < 4.78 is 5.46. The standard InChI is InChI=1S/C21H34N4O.HI/c1-3-7-17-14-20(17)24-21(22-4-2)23-15-18-8-5-6-9-19(18)16-25-10-12-26-13-11-25;/h5-6,8-9,17,20H,3-4,7,10-16H2,1-2H3,(H2,22,23,24);1H. The lowest BCUT2D eigenvalue weighted by atomic mass is 10.1. The molecule has 2 atom stereocenters. The summed E-state index contributed by atoms with van der Waals surface area (Å²) in [6.07, 6.45) is 3.87. The van der Waals surface area contributed by atoms with Gasteiger partial charge in [0.25, 0.3) is 0 Å². The fourth-order valence-electron chi connectivity index (χ4n) is 3.64. The predicted molar refractivity (Wildman–Crippen MR) is 123 cm³/mol. The SMILES string of the molecule is CCCC1CC1NC(=NCc1ccccc1CN1CCOCC1)NCC.I. The van der Waals surface area contributed by atoms with Crippen molar-refractivity contribution in [2.24, 2.45) is 10.9 Å². The molecule has 0 aromatic heterocycles. The normalized spacial score (nSPS) is 22.8. The fraction of sp³-hybridized carbons (Fsp3) is 0.667. The maximum absolute atomic E-state index is 5.46. The number of hydrogen-bond donors (Lipinski definition) is 2. The van der Waals surface area contributed by atoms with Gasteiger partial charge in [0.1, 0.15) is 0 Å². The molecule has 0 radical (unpaired) electrons. The molecule has 1 aliphatic heterocycles. The highest BCUT2D eigenvalue weighted by atomic mass is 127. The zero-order valence-corrected chi connectivity index (χ0v) is 19.1. The number of hydrogen-bond acceptors (Lipinski definition) is 3. The molecule has 1 heterocycles. The molecule has 2 N–H and O–H groups in total. The summed E-state index contributed by atoms with van der Waals surface area (Å²) in [4.78, 5) is 7.33. The minimum Gasteiger partial charge on any atom is -0.379 e. The Kier molecular flexibility index (Phi) is 9.86. The summed E-state index contributed by atoms with van der Waals surface area (Å²) in [6.45, 7) is 10.7. The number of rotatable bonds is 8. The van der Waals surface area contributed by atoms with Gasteiger partial charge in [0.15, 0.2) is 5.96 Å². The number of guanidine groups is 1. The highest BCUT2D eigenvalue weighted by molar-refractivity contribution is 14.0. The van der Waals surface area contributed by atoms with Crippen LogP contribution in [-0.4, -0.2) is 49.7 Å². The topological polar surface area (TPSA) is 48.9 Å². The third-order valence-electron chi connectivity index (χ3n) is 5.27. The molecule has 0 spiro atoms. The lowest BCUT2D eigenvalue weighted by molar-refractivity contribution is 0.0341. The lowest BCUT2D eigenvalue weighted by Crippen LogP contribution is -2.39. The Bertz CT molecular complexity index is 589. The van der Waals surface area contributed by atoms with Crippen molar-refractivity contribution in [2.75, 3.05) is 32.8 Å². The first-order valence-corrected chi connectivity index (χ1v) is 10.2. The highest BCUT2D eigenvalue weighted by Gasteiger charge is 2.36. The Morgan fingerprint density at radius 2 is 1.93 bits per heavy atom. The van der Waals surface area contributed by atoms with E-state index in [-0.39, 0.29) is 24.0 Å². The molecule has 1 aromatic rings. The first-order valence-electron chi connectivity index (χ1n) is 10.2. The molecule has 5 nitrogen and oxygen atoms in total. The Balaban J connectivity index is 0.00000261. The highest BCUT2D eigenvalue weighted by Crippen LogP contribution is 2.34. The minimum absolute atomic E-state index is 0. The van der Waals surface area contributed by atoms with Gasteiger partial charge in [0.2, 0.25) is 0 Å². The van der Waals surface area contributed by atoms with Crippen LogP contribution in [0, 0.1) is 5.92 Å². The summed E-state index contributed by atoms with van der Waals surface area (Å²) in [6, 6.07) is 9.30. The molecule has 2 aliphatic rings. The monoisotopic (exact) mass is 486 g/mol. The van der Waals surface area contributed by atoms with E-state index in [9.17, 15) is 0 Å². The summed E-state index contributed by atoms with van der Waals surface area (Å²) in [5, 5.41) is 7.01. The van der Waals surface area contributed by atoms with E-state index >= 15 is 0 Å². The molecule has 1 saturated heterocycles. The lowest BCUT2D eigenvalue weighted by Gasteiger charge is -2.27. The van der Waals surface area contributed by atoms with Gasteiger partial charge in [-0.2, -0.15) is 0 Å². The van der Waals surface area contributed by atoms with Gasteiger partial charge in [0.05, 0.1) is 19.8 Å². The van der Waals surface area contributed by atoms with Gasteiger partial charge < -0.3 is 15.4 Å². The first kappa shape index (κ1) is 22.4. The van der Waals surface area contributed by atoms with Gasteiger partial charge in [-0.05, 0) is 36.8 Å². The van der Waals surface area contributed by atoms with Crippen molar-refractivity contribution in [3.8, 4) is 0 Å². The molecule has 6 heteroatoms. The maximum Gasteiger partial charge on any atom is 0.191 e. The molecule has 0 amide bonds. The first-order chi connectivity index (χ1) is 12.8. The van der Waals surface area contributed by atoms with E-state index in [0.717, 1.165) is 57.8 Å². The Morgan fingerprint density at radius 1 is 1.19 bits per heavy atom. The quantitative estimate of drug-likeness (QED) is 0.336. The third kappa shape index (κ3) is 7.23. The fourth-order valence-corrected chi connectivity index (χ4v) is 3.64. The maximum atomic E-state index is 5.46. The van der Waals surface area contributed by atoms with E-state index in [1.807, 2.05) is 0 Å². The van der Waals surface area contributed by atoms with Crippen molar-refractivity contribution in [2.45, 2.75) is 52.2 Å². The van der Waals surface area contributed by atoms with Gasteiger partial charge in [-0.1, -0.05) is 37.6 Å². The number of benzene rings is 1. The minimum atomic E-state index is 0. The van der Waals surface area contributed by atoms with Crippen LogP contribution in [0.5, 0.6) is 0 Å². The van der Waals surface area contributed by atoms with E-state index in [1.54, 1.807) is 0 Å². The van der Waals surface area contributed by atoms with Crippen molar-refractivity contribution in [3.05, 3.63) is 35.4 Å². The average molecular weight is 486 g/mol. The molecule has 1 aromatic carbocycles. The van der Waals surface area contributed by atoms with E-state index < -0.39 is 0 Å². The number of nitrogens with one attached hydrogen (secondary N) is 2. The molecule has 152 valence electrons. The molecular formula is C21H35IN4O. The molecule has 1 saturated carbocycles. The number of morpholine rings is 1. The van der Waals surface area contributed by atoms with Crippen LogP contribution in [0.2, 0.25) is 0 Å². The molecule has 2 unspecified atom stereocenters. The predicted octanol–water partition coefficient (Wildman–Crippen LogP) is 3.38. The average Bonchev–Trinajstić information content (AvgIpc) is 3.39. The largest absolute Gasteiger partial charge is 0.379 e. The van der Waals surface area contributed by atoms with Crippen molar-refractivity contribution in [3.63, 3.8) is 0 Å². The van der Waals surface area contributed by atoms with Gasteiger partial charge >= 0.3 is 0 Å². The molecule has 3 rings (SSSR count). The van der Waals surface area contributed by atoms with Gasteiger partial charge in [-0.15, -0.1) is 24.0 Å². The van der Waals surface area contributed by atoms with E-state index in [2.05, 4.69) is 53.6 Å². The van der Waals surface area contributed by atoms with E-state index in [1.165, 1.54) is 30.4 Å². The summed E-state index contributed by atoms with van der Waals surface area (Å²) in [5.74, 6) is 1.79. The van der Waals surface area contributed by atoms with Crippen molar-refractivity contribution in [1.82, 2.24) is 15.5 Å². The third-order valence-corrected chi connectivity index (χ3v) is 5.27. The molecule has 27 heavy (non-hydrogen) atoms. The number of aliphatic imine (C=N–C) groups is 1. The second-order valence-electron chi connectivity index (χ2n) is 7.39. The van der Waals surface area contributed by atoms with Crippen LogP contribution in [0.1, 0.15) is 44.2 Å². The Hall–Kier alpha value is -0.860. The second kappa shape index (κ2) is 11.9.